The van der Waals surface area contributed by atoms with Crippen LogP contribution in [0.3, 0.4) is 0 Å². The lowest BCUT2D eigenvalue weighted by Crippen LogP contribution is -1.96. The number of nitrogens with zero attached hydrogens (tertiary/aromatic N) is 2. The van der Waals surface area contributed by atoms with Gasteiger partial charge in [-0.05, 0) is 30.5 Å². The zero-order valence-corrected chi connectivity index (χ0v) is 10.5. The maximum absolute atomic E-state index is 5.62. The van der Waals surface area contributed by atoms with E-state index < -0.39 is 0 Å². The molecule has 3 heteroatoms. The normalized spacial score (nSPS) is 11.2. The van der Waals surface area contributed by atoms with Gasteiger partial charge in [0.1, 0.15) is 5.65 Å². The molecule has 3 nitrogen and oxygen atoms in total. The number of pyridine rings is 1. The van der Waals surface area contributed by atoms with E-state index in [-0.39, 0.29) is 0 Å². The van der Waals surface area contributed by atoms with E-state index in [1.807, 2.05) is 6.20 Å². The highest BCUT2D eigenvalue weighted by molar-refractivity contribution is 5.42. The van der Waals surface area contributed by atoms with Crippen LogP contribution in [0.15, 0.2) is 24.5 Å². The zero-order chi connectivity index (χ0) is 12.1. The van der Waals surface area contributed by atoms with E-state index in [1.165, 1.54) is 31.4 Å². The van der Waals surface area contributed by atoms with Gasteiger partial charge >= 0.3 is 0 Å². The molecule has 0 saturated heterocycles. The number of nitrogens with two attached hydrogens (primary N) is 1. The fourth-order valence-corrected chi connectivity index (χ4v) is 2.06. The number of aryl methyl sites for hydroxylation is 1. The highest BCUT2D eigenvalue weighted by atomic mass is 15.0. The third-order valence-electron chi connectivity index (χ3n) is 3.10. The number of rotatable bonds is 6. The van der Waals surface area contributed by atoms with E-state index >= 15 is 0 Å². The first-order valence-corrected chi connectivity index (χ1v) is 6.50. The maximum atomic E-state index is 5.62. The summed E-state index contributed by atoms with van der Waals surface area (Å²) in [7, 11) is 0. The molecular formula is C14H21N3. The molecule has 0 unspecified atom stereocenters. The number of hydrogen-bond acceptors (Lipinski definition) is 2. The van der Waals surface area contributed by atoms with Gasteiger partial charge in [0.25, 0.3) is 0 Å². The predicted octanol–water partition coefficient (Wildman–Crippen LogP) is 2.92. The standard InChI is InChI=1S/C14H21N3/c1-2-3-4-5-6-13-11-17-8-7-12(10-15)9-14(17)16-13/h7-9,11H,2-6,10,15H2,1H3. The van der Waals surface area contributed by atoms with Crippen LogP contribution in [0.1, 0.15) is 43.9 Å². The Hall–Kier alpha value is -1.35. The number of fused-ring (bicyclic) bond motifs is 1. The number of hydrogen-bond donors (Lipinski definition) is 1. The van der Waals surface area contributed by atoms with E-state index in [1.54, 1.807) is 0 Å². The van der Waals surface area contributed by atoms with Crippen LogP contribution in [0.4, 0.5) is 0 Å². The van der Waals surface area contributed by atoms with Crippen molar-refractivity contribution in [2.45, 2.75) is 45.6 Å². The van der Waals surface area contributed by atoms with Crippen molar-refractivity contribution in [3.8, 4) is 0 Å². The second-order valence-corrected chi connectivity index (χ2v) is 4.55. The predicted molar refractivity (Wildman–Crippen MR) is 70.9 cm³/mol. The van der Waals surface area contributed by atoms with Gasteiger partial charge in [-0.2, -0.15) is 0 Å². The summed E-state index contributed by atoms with van der Waals surface area (Å²) < 4.78 is 2.08. The van der Waals surface area contributed by atoms with Crippen molar-refractivity contribution >= 4 is 5.65 Å². The van der Waals surface area contributed by atoms with E-state index in [0.717, 1.165) is 17.6 Å². The average molecular weight is 231 g/mol. The van der Waals surface area contributed by atoms with Gasteiger partial charge in [0.05, 0.1) is 5.69 Å². The first kappa shape index (κ1) is 12.1. The molecule has 0 aromatic carbocycles. The molecular weight excluding hydrogens is 210 g/mol. The average Bonchev–Trinajstić information content (AvgIpc) is 2.76. The third kappa shape index (κ3) is 3.07. The first-order valence-electron chi connectivity index (χ1n) is 6.50. The summed E-state index contributed by atoms with van der Waals surface area (Å²) in [5, 5.41) is 0. The second-order valence-electron chi connectivity index (χ2n) is 4.55. The minimum absolute atomic E-state index is 0.579. The molecule has 17 heavy (non-hydrogen) atoms. The Kier molecular flexibility index (Phi) is 4.15. The molecule has 92 valence electrons. The number of aromatic nitrogens is 2. The molecule has 0 radical (unpaired) electrons. The smallest absolute Gasteiger partial charge is 0.137 e. The first-order chi connectivity index (χ1) is 8.33. The van der Waals surface area contributed by atoms with E-state index in [2.05, 4.69) is 34.6 Å². The molecule has 2 heterocycles. The number of unbranched alkanes of at least 4 members (excludes halogenated alkanes) is 3. The Labute approximate surface area is 103 Å². The highest BCUT2D eigenvalue weighted by Crippen LogP contribution is 2.11. The monoisotopic (exact) mass is 231 g/mol. The van der Waals surface area contributed by atoms with Gasteiger partial charge in [0, 0.05) is 18.9 Å². The van der Waals surface area contributed by atoms with E-state index in [0.29, 0.717) is 6.54 Å². The Morgan fingerprint density at radius 2 is 2.18 bits per heavy atom. The van der Waals surface area contributed by atoms with Crippen LogP contribution in [0.2, 0.25) is 0 Å². The van der Waals surface area contributed by atoms with Gasteiger partial charge in [0.15, 0.2) is 0 Å². The Balaban J connectivity index is 2.04. The molecule has 0 aliphatic heterocycles. The van der Waals surface area contributed by atoms with E-state index in [9.17, 15) is 0 Å². The summed E-state index contributed by atoms with van der Waals surface area (Å²) in [5.41, 5.74) is 8.97. The molecule has 0 aliphatic carbocycles. The lowest BCUT2D eigenvalue weighted by atomic mass is 10.1. The van der Waals surface area contributed by atoms with Crippen LogP contribution in [0.5, 0.6) is 0 Å². The second kappa shape index (κ2) is 5.82. The van der Waals surface area contributed by atoms with Crippen LogP contribution in [-0.2, 0) is 13.0 Å². The van der Waals surface area contributed by atoms with Crippen LogP contribution < -0.4 is 5.73 Å². The Morgan fingerprint density at radius 1 is 1.29 bits per heavy atom. The molecule has 0 amide bonds. The minimum Gasteiger partial charge on any atom is -0.326 e. The van der Waals surface area contributed by atoms with E-state index in [4.69, 9.17) is 5.73 Å². The number of imidazole rings is 1. The van der Waals surface area contributed by atoms with Gasteiger partial charge in [-0.15, -0.1) is 0 Å². The van der Waals surface area contributed by atoms with Crippen LogP contribution in [0, 0.1) is 0 Å². The van der Waals surface area contributed by atoms with Crippen LogP contribution in [-0.4, -0.2) is 9.38 Å². The third-order valence-corrected chi connectivity index (χ3v) is 3.10. The molecule has 0 spiro atoms. The van der Waals surface area contributed by atoms with Crippen molar-refractivity contribution in [2.24, 2.45) is 5.73 Å². The topological polar surface area (TPSA) is 43.3 Å². The SMILES string of the molecule is CCCCCCc1cn2ccc(CN)cc2n1. The highest BCUT2D eigenvalue weighted by Gasteiger charge is 2.02. The molecule has 0 bridgehead atoms. The van der Waals surface area contributed by atoms with Crippen molar-refractivity contribution < 1.29 is 0 Å². The quantitative estimate of drug-likeness (QED) is 0.777. The lowest BCUT2D eigenvalue weighted by molar-refractivity contribution is 0.662. The molecule has 2 N–H and O–H groups in total. The fraction of sp³-hybridized carbons (Fsp3) is 0.500. The molecule has 2 aromatic heterocycles. The van der Waals surface area contributed by atoms with Crippen molar-refractivity contribution in [2.75, 3.05) is 0 Å². The minimum atomic E-state index is 0.579. The molecule has 0 fully saturated rings. The molecule has 0 saturated carbocycles. The van der Waals surface area contributed by atoms with Crippen molar-refractivity contribution in [1.82, 2.24) is 9.38 Å². The molecule has 2 rings (SSSR count). The van der Waals surface area contributed by atoms with Crippen molar-refractivity contribution in [1.29, 1.82) is 0 Å². The van der Waals surface area contributed by atoms with Gasteiger partial charge in [-0.1, -0.05) is 26.2 Å². The Morgan fingerprint density at radius 3 is 2.94 bits per heavy atom. The molecule has 2 aromatic rings. The summed E-state index contributed by atoms with van der Waals surface area (Å²) in [6.07, 6.45) is 10.4. The van der Waals surface area contributed by atoms with Gasteiger partial charge in [0.2, 0.25) is 0 Å². The summed E-state index contributed by atoms with van der Waals surface area (Å²) in [6, 6.07) is 4.12. The summed E-state index contributed by atoms with van der Waals surface area (Å²) in [6.45, 7) is 2.81. The van der Waals surface area contributed by atoms with Crippen molar-refractivity contribution in [3.63, 3.8) is 0 Å². The van der Waals surface area contributed by atoms with Crippen molar-refractivity contribution in [3.05, 3.63) is 35.8 Å². The summed E-state index contributed by atoms with van der Waals surface area (Å²) >= 11 is 0. The Bertz CT molecular complexity index is 473. The fourth-order valence-electron chi connectivity index (χ4n) is 2.06. The lowest BCUT2D eigenvalue weighted by Gasteiger charge is -1.96. The maximum Gasteiger partial charge on any atom is 0.137 e. The van der Waals surface area contributed by atoms with Crippen LogP contribution >= 0.6 is 0 Å². The molecule has 0 aliphatic rings. The largest absolute Gasteiger partial charge is 0.326 e. The summed E-state index contributed by atoms with van der Waals surface area (Å²) in [5.74, 6) is 0. The van der Waals surface area contributed by atoms with Gasteiger partial charge in [-0.3, -0.25) is 0 Å². The van der Waals surface area contributed by atoms with Crippen LogP contribution in [0.25, 0.3) is 5.65 Å². The summed E-state index contributed by atoms with van der Waals surface area (Å²) in [4.78, 5) is 4.63. The zero-order valence-electron chi connectivity index (χ0n) is 10.5. The van der Waals surface area contributed by atoms with Gasteiger partial charge < -0.3 is 10.1 Å². The molecule has 0 atom stereocenters. The van der Waals surface area contributed by atoms with Gasteiger partial charge in [-0.25, -0.2) is 4.98 Å².